The van der Waals surface area contributed by atoms with E-state index in [0.29, 0.717) is 17.4 Å². The molecule has 3 nitrogen and oxygen atoms in total. The average Bonchev–Trinajstić information content (AvgIpc) is 2.19. The normalized spacial score (nSPS) is 11.8. The molecule has 1 atom stereocenters. The molecule has 0 saturated heterocycles. The van der Waals surface area contributed by atoms with Crippen LogP contribution in [0.4, 0.5) is 5.82 Å². The molecule has 4 heteroatoms. The van der Waals surface area contributed by atoms with Crippen LogP contribution in [0.1, 0.15) is 12.5 Å². The highest BCUT2D eigenvalue weighted by Crippen LogP contribution is 2.12. The van der Waals surface area contributed by atoms with Gasteiger partial charge >= 0.3 is 0 Å². The van der Waals surface area contributed by atoms with Gasteiger partial charge in [0.25, 0.3) is 0 Å². The number of anilines is 1. The zero-order valence-corrected chi connectivity index (χ0v) is 9.14. The van der Waals surface area contributed by atoms with E-state index < -0.39 is 0 Å². The Morgan fingerprint density at radius 3 is 3.14 bits per heavy atom. The van der Waals surface area contributed by atoms with Gasteiger partial charge in [-0.25, -0.2) is 4.98 Å². The predicted molar refractivity (Wildman–Crippen MR) is 60.4 cm³/mol. The number of nitrogens with one attached hydrogen (secondary N) is 1. The highest BCUT2D eigenvalue weighted by Gasteiger charge is 2.05. The number of thioether (sulfide) groups is 1. The van der Waals surface area contributed by atoms with Crippen molar-refractivity contribution in [2.45, 2.75) is 13.0 Å². The summed E-state index contributed by atoms with van der Waals surface area (Å²) in [6.07, 6.45) is 3.75. The van der Waals surface area contributed by atoms with Gasteiger partial charge in [-0.3, -0.25) is 0 Å². The van der Waals surface area contributed by atoms with Crippen LogP contribution in [0.5, 0.6) is 0 Å². The first-order valence-corrected chi connectivity index (χ1v) is 5.78. The quantitative estimate of drug-likeness (QED) is 0.821. The lowest BCUT2D eigenvalue weighted by molar-refractivity contribution is 0.902. The Morgan fingerprint density at radius 1 is 1.71 bits per heavy atom. The maximum Gasteiger partial charge on any atom is 0.144 e. The van der Waals surface area contributed by atoms with Crippen LogP contribution >= 0.6 is 11.8 Å². The number of hydrogen-bond acceptors (Lipinski definition) is 4. The average molecular weight is 207 g/mol. The van der Waals surface area contributed by atoms with E-state index in [4.69, 9.17) is 5.26 Å². The minimum Gasteiger partial charge on any atom is -0.366 e. The van der Waals surface area contributed by atoms with Crippen molar-refractivity contribution in [3.63, 3.8) is 0 Å². The van der Waals surface area contributed by atoms with Crippen LogP contribution in [0.15, 0.2) is 18.3 Å². The molecule has 0 spiro atoms. The number of pyridine rings is 1. The van der Waals surface area contributed by atoms with Gasteiger partial charge in [-0.05, 0) is 25.3 Å². The molecule has 1 rings (SSSR count). The lowest BCUT2D eigenvalue weighted by atomic mass is 10.2. The maximum atomic E-state index is 8.83. The molecule has 0 amide bonds. The van der Waals surface area contributed by atoms with Crippen molar-refractivity contribution in [1.29, 1.82) is 5.26 Å². The molecule has 1 aromatic heterocycles. The molecule has 1 aromatic rings. The number of nitriles is 1. The largest absolute Gasteiger partial charge is 0.366 e. The molecule has 1 unspecified atom stereocenters. The second-order valence-electron chi connectivity index (χ2n) is 3.01. The van der Waals surface area contributed by atoms with E-state index in [1.807, 2.05) is 0 Å². The van der Waals surface area contributed by atoms with Gasteiger partial charge in [0.1, 0.15) is 11.9 Å². The molecule has 0 bridgehead atoms. The lowest BCUT2D eigenvalue weighted by Crippen LogP contribution is -2.19. The summed E-state index contributed by atoms with van der Waals surface area (Å²) < 4.78 is 0. The summed E-state index contributed by atoms with van der Waals surface area (Å²) in [4.78, 5) is 4.13. The standard InChI is InChI=1S/C10H13N3S/c1-8(7-14-2)13-10-9(6-11)4-3-5-12-10/h3-5,8H,7H2,1-2H3,(H,12,13). The Bertz CT molecular complexity index is 332. The van der Waals surface area contributed by atoms with Gasteiger partial charge in [-0.1, -0.05) is 0 Å². The third-order valence-corrected chi connectivity index (χ3v) is 2.56. The molecule has 0 aliphatic heterocycles. The SMILES string of the molecule is CSCC(C)Nc1ncccc1C#N. The minimum absolute atomic E-state index is 0.326. The van der Waals surface area contributed by atoms with Gasteiger partial charge in [0.15, 0.2) is 0 Å². The van der Waals surface area contributed by atoms with Crippen molar-refractivity contribution >= 4 is 17.6 Å². The summed E-state index contributed by atoms with van der Waals surface area (Å²) in [5.74, 6) is 1.68. The topological polar surface area (TPSA) is 48.7 Å². The van der Waals surface area contributed by atoms with Gasteiger partial charge in [0.05, 0.1) is 5.56 Å². The fourth-order valence-electron chi connectivity index (χ4n) is 1.14. The van der Waals surface area contributed by atoms with Crippen molar-refractivity contribution in [3.8, 4) is 6.07 Å². The molecule has 1 N–H and O–H groups in total. The molecular weight excluding hydrogens is 194 g/mol. The Hall–Kier alpha value is -1.21. The molecule has 0 aliphatic rings. The van der Waals surface area contributed by atoms with Gasteiger partial charge in [0.2, 0.25) is 0 Å². The maximum absolute atomic E-state index is 8.83. The van der Waals surface area contributed by atoms with Gasteiger partial charge in [-0.15, -0.1) is 0 Å². The second-order valence-corrected chi connectivity index (χ2v) is 3.92. The third-order valence-electron chi connectivity index (χ3n) is 1.73. The van der Waals surface area contributed by atoms with Crippen molar-refractivity contribution < 1.29 is 0 Å². The minimum atomic E-state index is 0.326. The van der Waals surface area contributed by atoms with Crippen molar-refractivity contribution in [2.75, 3.05) is 17.3 Å². The van der Waals surface area contributed by atoms with E-state index in [9.17, 15) is 0 Å². The number of aromatic nitrogens is 1. The van der Waals surface area contributed by atoms with Crippen molar-refractivity contribution in [1.82, 2.24) is 4.98 Å². The van der Waals surface area contributed by atoms with Crippen LogP contribution in [0.25, 0.3) is 0 Å². The molecule has 0 fully saturated rings. The lowest BCUT2D eigenvalue weighted by Gasteiger charge is -2.13. The Balaban J connectivity index is 2.71. The fraction of sp³-hybridized carbons (Fsp3) is 0.400. The van der Waals surface area contributed by atoms with Crippen molar-refractivity contribution in [3.05, 3.63) is 23.9 Å². The van der Waals surface area contributed by atoms with E-state index in [1.165, 1.54) is 0 Å². The summed E-state index contributed by atoms with van der Waals surface area (Å²) in [5.41, 5.74) is 0.598. The number of rotatable bonds is 4. The molecule has 74 valence electrons. The molecule has 0 radical (unpaired) electrons. The monoisotopic (exact) mass is 207 g/mol. The van der Waals surface area contributed by atoms with Crippen LogP contribution in [0, 0.1) is 11.3 Å². The highest BCUT2D eigenvalue weighted by molar-refractivity contribution is 7.98. The van der Waals surface area contributed by atoms with Crippen LogP contribution in [0.3, 0.4) is 0 Å². The summed E-state index contributed by atoms with van der Waals surface area (Å²) in [6.45, 7) is 2.08. The highest BCUT2D eigenvalue weighted by atomic mass is 32.2. The van der Waals surface area contributed by atoms with E-state index in [-0.39, 0.29) is 0 Å². The Labute approximate surface area is 88.5 Å². The first-order chi connectivity index (χ1) is 6.77. The van der Waals surface area contributed by atoms with Crippen LogP contribution < -0.4 is 5.32 Å². The summed E-state index contributed by atoms with van der Waals surface area (Å²) in [7, 11) is 0. The second kappa shape index (κ2) is 5.51. The Morgan fingerprint density at radius 2 is 2.50 bits per heavy atom. The van der Waals surface area contributed by atoms with Crippen molar-refractivity contribution in [2.24, 2.45) is 0 Å². The predicted octanol–water partition coefficient (Wildman–Crippen LogP) is 2.12. The molecule has 14 heavy (non-hydrogen) atoms. The van der Waals surface area contributed by atoms with Gasteiger partial charge in [-0.2, -0.15) is 17.0 Å². The zero-order chi connectivity index (χ0) is 10.4. The summed E-state index contributed by atoms with van der Waals surface area (Å²) >= 11 is 1.77. The molecule has 0 aromatic carbocycles. The van der Waals surface area contributed by atoms with E-state index in [1.54, 1.807) is 30.1 Å². The van der Waals surface area contributed by atoms with Gasteiger partial charge < -0.3 is 5.32 Å². The Kier molecular flexibility index (Phi) is 4.27. The number of nitrogens with zero attached hydrogens (tertiary/aromatic N) is 2. The molecule has 0 aliphatic carbocycles. The van der Waals surface area contributed by atoms with E-state index >= 15 is 0 Å². The van der Waals surface area contributed by atoms with E-state index in [0.717, 1.165) is 5.75 Å². The molecular formula is C10H13N3S. The molecule has 0 saturated carbocycles. The van der Waals surface area contributed by atoms with E-state index in [2.05, 4.69) is 29.5 Å². The zero-order valence-electron chi connectivity index (χ0n) is 8.32. The third kappa shape index (κ3) is 2.93. The molecule has 1 heterocycles. The summed E-state index contributed by atoms with van der Waals surface area (Å²) in [5, 5.41) is 12.0. The van der Waals surface area contributed by atoms with Crippen LogP contribution in [-0.2, 0) is 0 Å². The van der Waals surface area contributed by atoms with Gasteiger partial charge in [0, 0.05) is 18.0 Å². The van der Waals surface area contributed by atoms with Crippen LogP contribution in [-0.4, -0.2) is 23.0 Å². The first-order valence-electron chi connectivity index (χ1n) is 4.38. The smallest absolute Gasteiger partial charge is 0.144 e. The first kappa shape index (κ1) is 10.9. The fourth-order valence-corrected chi connectivity index (χ4v) is 1.72. The number of hydrogen-bond donors (Lipinski definition) is 1. The summed E-state index contributed by atoms with van der Waals surface area (Å²) in [6, 6.07) is 5.97. The van der Waals surface area contributed by atoms with Crippen LogP contribution in [0.2, 0.25) is 0 Å².